The molecule has 1 amide bonds. The molecule has 4 rings (SSSR count). The van der Waals surface area contributed by atoms with Gasteiger partial charge in [0.05, 0.1) is 0 Å². The number of para-hydroxylation sites is 1. The number of amides is 1. The van der Waals surface area contributed by atoms with Crippen LogP contribution in [0.4, 0.5) is 23.2 Å². The lowest BCUT2D eigenvalue weighted by molar-refractivity contribution is -0.274. The molecule has 166 valence electrons. The minimum atomic E-state index is -4.83. The second kappa shape index (κ2) is 8.10. The number of hydrogen-bond donors (Lipinski definition) is 0. The van der Waals surface area contributed by atoms with Gasteiger partial charge in [-0.1, -0.05) is 12.1 Å². The number of aryl methyl sites for hydroxylation is 2. The van der Waals surface area contributed by atoms with Gasteiger partial charge in [0.25, 0.3) is 5.91 Å². The lowest BCUT2D eigenvalue weighted by atomic mass is 10.0. The Labute approximate surface area is 179 Å². The van der Waals surface area contributed by atoms with E-state index in [1.807, 2.05) is 0 Å². The highest BCUT2D eigenvalue weighted by Crippen LogP contribution is 2.33. The van der Waals surface area contributed by atoms with E-state index in [9.17, 15) is 27.2 Å². The number of carbonyl (C=O) groups is 1. The van der Waals surface area contributed by atoms with E-state index in [4.69, 9.17) is 0 Å². The molecule has 0 saturated carbocycles. The third-order valence-corrected chi connectivity index (χ3v) is 5.04. The second-order valence-corrected chi connectivity index (χ2v) is 7.26. The molecule has 0 atom stereocenters. The maximum Gasteiger partial charge on any atom is 0.573 e. The van der Waals surface area contributed by atoms with Gasteiger partial charge in [0, 0.05) is 24.0 Å². The van der Waals surface area contributed by atoms with E-state index in [1.165, 1.54) is 46.0 Å². The number of benzene rings is 2. The fourth-order valence-electron chi connectivity index (χ4n) is 3.67. The highest BCUT2D eigenvalue weighted by atomic mass is 19.4. The standard InChI is InChI=1S/C22H17F4N3O3/c1-13-11-19(30)20(27-29(13)18-7-3-2-6-16(18)23)21(31)28-10-4-5-14-12-15(8-9-17(14)28)32-22(24,25)26/h2-3,6-9,11-12H,4-5,10H2,1H3. The Balaban J connectivity index is 1.73. The summed E-state index contributed by atoms with van der Waals surface area (Å²) in [6.07, 6.45) is -3.92. The van der Waals surface area contributed by atoms with Gasteiger partial charge in [-0.2, -0.15) is 5.10 Å². The number of fused-ring (bicyclic) bond motifs is 1. The van der Waals surface area contributed by atoms with Gasteiger partial charge in [0.1, 0.15) is 17.3 Å². The van der Waals surface area contributed by atoms with Crippen LogP contribution in [0.3, 0.4) is 0 Å². The van der Waals surface area contributed by atoms with Gasteiger partial charge < -0.3 is 9.64 Å². The van der Waals surface area contributed by atoms with Crippen molar-refractivity contribution in [2.45, 2.75) is 26.1 Å². The Bertz CT molecular complexity index is 1250. The molecule has 2 heterocycles. The number of aromatic nitrogens is 2. The lowest BCUT2D eigenvalue weighted by Crippen LogP contribution is -2.39. The number of hydrogen-bond acceptors (Lipinski definition) is 4. The van der Waals surface area contributed by atoms with Gasteiger partial charge in [0.2, 0.25) is 5.43 Å². The highest BCUT2D eigenvalue weighted by Gasteiger charge is 2.32. The molecule has 32 heavy (non-hydrogen) atoms. The molecular formula is C22H17F4N3O3. The first-order valence-corrected chi connectivity index (χ1v) is 9.70. The third-order valence-electron chi connectivity index (χ3n) is 5.04. The van der Waals surface area contributed by atoms with Gasteiger partial charge >= 0.3 is 6.36 Å². The summed E-state index contributed by atoms with van der Waals surface area (Å²) in [5.74, 6) is -1.68. The van der Waals surface area contributed by atoms with Crippen LogP contribution >= 0.6 is 0 Å². The Morgan fingerprint density at radius 3 is 2.56 bits per heavy atom. The van der Waals surface area contributed by atoms with E-state index < -0.39 is 29.2 Å². The smallest absolute Gasteiger partial charge is 0.406 e. The van der Waals surface area contributed by atoms with Crippen LogP contribution in [0.25, 0.3) is 5.69 Å². The van der Waals surface area contributed by atoms with Crippen LogP contribution in [-0.4, -0.2) is 28.6 Å². The van der Waals surface area contributed by atoms with Crippen molar-refractivity contribution in [2.75, 3.05) is 11.4 Å². The van der Waals surface area contributed by atoms with Crippen molar-refractivity contribution in [3.63, 3.8) is 0 Å². The number of anilines is 1. The first-order chi connectivity index (χ1) is 15.1. The topological polar surface area (TPSA) is 64.4 Å². The molecule has 3 aromatic rings. The average Bonchev–Trinajstić information content (AvgIpc) is 2.72. The molecule has 0 unspecified atom stereocenters. The van der Waals surface area contributed by atoms with Crippen LogP contribution in [0.15, 0.2) is 53.3 Å². The Morgan fingerprint density at radius 2 is 1.84 bits per heavy atom. The fourth-order valence-corrected chi connectivity index (χ4v) is 3.67. The zero-order valence-electron chi connectivity index (χ0n) is 16.8. The number of rotatable bonds is 3. The maximum absolute atomic E-state index is 14.3. The highest BCUT2D eigenvalue weighted by molar-refractivity contribution is 6.05. The molecule has 0 fully saturated rings. The third kappa shape index (κ3) is 4.20. The van der Waals surface area contributed by atoms with E-state index in [0.29, 0.717) is 29.8 Å². The number of nitrogens with zero attached hydrogens (tertiary/aromatic N) is 3. The summed E-state index contributed by atoms with van der Waals surface area (Å²) >= 11 is 0. The zero-order valence-corrected chi connectivity index (χ0v) is 16.8. The molecule has 0 bridgehead atoms. The zero-order chi connectivity index (χ0) is 23.0. The van der Waals surface area contributed by atoms with Crippen molar-refractivity contribution in [1.82, 2.24) is 9.78 Å². The Morgan fingerprint density at radius 1 is 1.09 bits per heavy atom. The number of ether oxygens (including phenoxy) is 1. The maximum atomic E-state index is 14.3. The van der Waals surface area contributed by atoms with E-state index in [0.717, 1.165) is 6.07 Å². The van der Waals surface area contributed by atoms with Crippen molar-refractivity contribution in [3.8, 4) is 11.4 Å². The molecule has 1 aromatic heterocycles. The van der Waals surface area contributed by atoms with Crippen molar-refractivity contribution in [2.24, 2.45) is 0 Å². The first kappa shape index (κ1) is 21.5. The fraction of sp³-hybridized carbons (Fsp3) is 0.227. The van der Waals surface area contributed by atoms with E-state index >= 15 is 0 Å². The van der Waals surface area contributed by atoms with Gasteiger partial charge in [0.15, 0.2) is 5.69 Å². The largest absolute Gasteiger partial charge is 0.573 e. The molecule has 0 saturated heterocycles. The number of alkyl halides is 3. The van der Waals surface area contributed by atoms with E-state index in [-0.39, 0.29) is 18.0 Å². The van der Waals surface area contributed by atoms with Crippen molar-refractivity contribution in [1.29, 1.82) is 0 Å². The van der Waals surface area contributed by atoms with Crippen LogP contribution in [0.1, 0.15) is 28.2 Å². The molecule has 6 nitrogen and oxygen atoms in total. The summed E-state index contributed by atoms with van der Waals surface area (Å²) < 4.78 is 57.0. The van der Waals surface area contributed by atoms with Crippen molar-refractivity contribution in [3.05, 3.63) is 81.5 Å². The van der Waals surface area contributed by atoms with Gasteiger partial charge in [-0.3, -0.25) is 9.59 Å². The molecule has 0 N–H and O–H groups in total. The van der Waals surface area contributed by atoms with Gasteiger partial charge in [-0.25, -0.2) is 9.07 Å². The van der Waals surface area contributed by atoms with Gasteiger partial charge in [-0.15, -0.1) is 13.2 Å². The first-order valence-electron chi connectivity index (χ1n) is 9.70. The molecule has 1 aliphatic heterocycles. The van der Waals surface area contributed by atoms with Crippen molar-refractivity contribution >= 4 is 11.6 Å². The second-order valence-electron chi connectivity index (χ2n) is 7.26. The molecule has 1 aliphatic rings. The molecule has 10 heteroatoms. The minimum Gasteiger partial charge on any atom is -0.406 e. The summed E-state index contributed by atoms with van der Waals surface area (Å²) in [6, 6.07) is 10.7. The van der Waals surface area contributed by atoms with Gasteiger partial charge in [-0.05, 0) is 55.7 Å². The SMILES string of the molecule is Cc1cc(=O)c(C(=O)N2CCCc3cc(OC(F)(F)F)ccc32)nn1-c1ccccc1F. The molecular weight excluding hydrogens is 430 g/mol. The molecule has 0 radical (unpaired) electrons. The molecule has 0 aliphatic carbocycles. The molecule has 2 aromatic carbocycles. The summed E-state index contributed by atoms with van der Waals surface area (Å²) in [5.41, 5.74) is 0.214. The minimum absolute atomic E-state index is 0.0760. The Kier molecular flexibility index (Phi) is 5.45. The normalized spacial score (nSPS) is 13.6. The van der Waals surface area contributed by atoms with Crippen molar-refractivity contribution < 1.29 is 27.1 Å². The summed E-state index contributed by atoms with van der Waals surface area (Å²) in [7, 11) is 0. The van der Waals surface area contributed by atoms with Crippen LogP contribution in [0, 0.1) is 12.7 Å². The summed E-state index contributed by atoms with van der Waals surface area (Å²) in [4.78, 5) is 27.1. The summed E-state index contributed by atoms with van der Waals surface area (Å²) in [5, 5.41) is 4.12. The quantitative estimate of drug-likeness (QED) is 0.566. The van der Waals surface area contributed by atoms with Crippen LogP contribution in [-0.2, 0) is 6.42 Å². The molecule has 0 spiro atoms. The summed E-state index contributed by atoms with van der Waals surface area (Å²) in [6.45, 7) is 1.81. The monoisotopic (exact) mass is 447 g/mol. The van der Waals surface area contributed by atoms with Crippen LogP contribution in [0.5, 0.6) is 5.75 Å². The number of halogens is 4. The predicted molar refractivity (Wildman–Crippen MR) is 108 cm³/mol. The lowest BCUT2D eigenvalue weighted by Gasteiger charge is -2.29. The van der Waals surface area contributed by atoms with Crippen LogP contribution in [0.2, 0.25) is 0 Å². The van der Waals surface area contributed by atoms with Crippen LogP contribution < -0.4 is 15.1 Å². The predicted octanol–water partition coefficient (Wildman–Crippen LogP) is 4.17. The Hall–Kier alpha value is -3.69. The number of carbonyl (C=O) groups excluding carboxylic acids is 1. The average molecular weight is 447 g/mol. The van der Waals surface area contributed by atoms with E-state index in [2.05, 4.69) is 9.84 Å². The van der Waals surface area contributed by atoms with E-state index in [1.54, 1.807) is 13.0 Å².